The maximum atomic E-state index is 13.2. The molecule has 1 amide bonds. The number of nitrogens with one attached hydrogen (secondary N) is 1. The predicted octanol–water partition coefficient (Wildman–Crippen LogP) is 4.14. The maximum absolute atomic E-state index is 13.2. The number of likely N-dealkylation sites (N-methyl/N-ethyl adjacent to an activating group) is 1. The van der Waals surface area contributed by atoms with Crippen LogP contribution in [0.15, 0.2) is 18.2 Å². The fourth-order valence-corrected chi connectivity index (χ4v) is 4.14. The molecule has 0 atom stereocenters. The van der Waals surface area contributed by atoms with Gasteiger partial charge >= 0.3 is 6.18 Å². The van der Waals surface area contributed by atoms with Crippen LogP contribution < -0.4 is 10.2 Å². The number of hydrogen-bond acceptors (Lipinski definition) is 4. The lowest BCUT2D eigenvalue weighted by Gasteiger charge is -2.31. The highest BCUT2D eigenvalue weighted by atomic mass is 19.4. The van der Waals surface area contributed by atoms with Crippen molar-refractivity contribution in [2.24, 2.45) is 0 Å². The first-order valence-electron chi connectivity index (χ1n) is 10.4. The highest BCUT2D eigenvalue weighted by Gasteiger charge is 2.32. The average molecular weight is 413 g/mol. The van der Waals surface area contributed by atoms with Crippen LogP contribution in [0.4, 0.5) is 24.5 Å². The molecule has 0 radical (unpaired) electrons. The lowest BCUT2D eigenvalue weighted by molar-refractivity contribution is -0.137. The minimum absolute atomic E-state index is 0.170. The van der Waals surface area contributed by atoms with E-state index in [9.17, 15) is 18.0 Å². The molecular weight excluding hydrogens is 383 g/mol. The molecule has 29 heavy (non-hydrogen) atoms. The smallest absolute Gasteiger partial charge is 0.378 e. The van der Waals surface area contributed by atoms with Crippen LogP contribution in [-0.4, -0.2) is 56.7 Å². The first-order valence-corrected chi connectivity index (χ1v) is 10.4. The van der Waals surface area contributed by atoms with E-state index in [1.165, 1.54) is 18.9 Å². The van der Waals surface area contributed by atoms with E-state index >= 15 is 0 Å². The molecule has 1 aromatic carbocycles. The SMILES string of the molecule is CN(CC(=O)Nc1cc(C(F)(F)F)ccc1N1CCOCC1)C1CCCCCC1. The van der Waals surface area contributed by atoms with Gasteiger partial charge < -0.3 is 15.0 Å². The molecule has 0 unspecified atom stereocenters. The number of carbonyl (C=O) groups is 1. The largest absolute Gasteiger partial charge is 0.416 e. The molecule has 1 aliphatic heterocycles. The van der Waals surface area contributed by atoms with E-state index in [2.05, 4.69) is 5.32 Å². The molecule has 3 rings (SSSR count). The molecule has 1 saturated heterocycles. The van der Waals surface area contributed by atoms with Crippen molar-refractivity contribution in [3.8, 4) is 0 Å². The lowest BCUT2D eigenvalue weighted by atomic mass is 10.1. The van der Waals surface area contributed by atoms with Crippen LogP contribution in [0.25, 0.3) is 0 Å². The van der Waals surface area contributed by atoms with E-state index in [1.807, 2.05) is 16.8 Å². The van der Waals surface area contributed by atoms with Gasteiger partial charge in [0.1, 0.15) is 0 Å². The minimum atomic E-state index is -4.46. The Morgan fingerprint density at radius 1 is 1.17 bits per heavy atom. The van der Waals surface area contributed by atoms with Gasteiger partial charge in [-0.2, -0.15) is 13.2 Å². The Bertz CT molecular complexity index is 682. The predicted molar refractivity (Wildman–Crippen MR) is 107 cm³/mol. The van der Waals surface area contributed by atoms with Crippen molar-refractivity contribution in [1.29, 1.82) is 0 Å². The molecule has 0 bridgehead atoms. The Balaban J connectivity index is 1.73. The molecule has 162 valence electrons. The summed E-state index contributed by atoms with van der Waals surface area (Å²) < 4.78 is 45.0. The van der Waals surface area contributed by atoms with Crippen LogP contribution in [-0.2, 0) is 15.7 Å². The second-order valence-corrected chi connectivity index (χ2v) is 7.94. The third-order valence-electron chi connectivity index (χ3n) is 5.79. The number of halogens is 3. The maximum Gasteiger partial charge on any atom is 0.416 e. The van der Waals surface area contributed by atoms with Gasteiger partial charge in [-0.3, -0.25) is 9.69 Å². The van der Waals surface area contributed by atoms with Crippen molar-refractivity contribution >= 4 is 17.3 Å². The first kappa shape index (κ1) is 21.9. The van der Waals surface area contributed by atoms with Crippen LogP contribution in [0.3, 0.4) is 0 Å². The fourth-order valence-electron chi connectivity index (χ4n) is 4.14. The van der Waals surface area contributed by atoms with Crippen molar-refractivity contribution in [2.45, 2.75) is 50.7 Å². The number of anilines is 2. The molecule has 1 aliphatic carbocycles. The van der Waals surface area contributed by atoms with Crippen LogP contribution in [0.5, 0.6) is 0 Å². The Labute approximate surface area is 170 Å². The number of ether oxygens (including phenoxy) is 1. The number of benzene rings is 1. The van der Waals surface area contributed by atoms with Crippen molar-refractivity contribution < 1.29 is 22.7 Å². The Morgan fingerprint density at radius 2 is 1.83 bits per heavy atom. The quantitative estimate of drug-likeness (QED) is 0.737. The average Bonchev–Trinajstić information content (AvgIpc) is 2.97. The molecule has 5 nitrogen and oxygen atoms in total. The van der Waals surface area contributed by atoms with Gasteiger partial charge in [-0.25, -0.2) is 0 Å². The second-order valence-electron chi connectivity index (χ2n) is 7.94. The summed E-state index contributed by atoms with van der Waals surface area (Å²) in [5.74, 6) is -0.286. The van der Waals surface area contributed by atoms with Crippen molar-refractivity contribution in [3.05, 3.63) is 23.8 Å². The molecule has 0 spiro atoms. The van der Waals surface area contributed by atoms with Gasteiger partial charge in [0.2, 0.25) is 5.91 Å². The molecule has 0 aromatic heterocycles. The van der Waals surface area contributed by atoms with Crippen LogP contribution in [0.2, 0.25) is 0 Å². The van der Waals surface area contributed by atoms with E-state index in [0.29, 0.717) is 38.0 Å². The summed E-state index contributed by atoms with van der Waals surface area (Å²) >= 11 is 0. The van der Waals surface area contributed by atoms with Crippen LogP contribution in [0.1, 0.15) is 44.1 Å². The van der Waals surface area contributed by atoms with Gasteiger partial charge in [-0.05, 0) is 38.1 Å². The van der Waals surface area contributed by atoms with Crippen molar-refractivity contribution in [3.63, 3.8) is 0 Å². The van der Waals surface area contributed by atoms with Gasteiger partial charge in [0, 0.05) is 19.1 Å². The molecule has 2 aliphatic rings. The zero-order chi connectivity index (χ0) is 20.9. The zero-order valence-electron chi connectivity index (χ0n) is 16.9. The second kappa shape index (κ2) is 9.80. The minimum Gasteiger partial charge on any atom is -0.378 e. The number of amides is 1. The number of nitrogens with zero attached hydrogens (tertiary/aromatic N) is 2. The standard InChI is InChI=1S/C21H30F3N3O2/c1-26(17-6-4-2-3-5-7-17)15-20(28)25-18-14-16(21(22,23)24)8-9-19(18)27-10-12-29-13-11-27/h8-9,14,17H,2-7,10-13,15H2,1H3,(H,25,28). The number of morpholine rings is 1. The van der Waals surface area contributed by atoms with E-state index in [1.54, 1.807) is 0 Å². The topological polar surface area (TPSA) is 44.8 Å². The molecule has 1 saturated carbocycles. The van der Waals surface area contributed by atoms with Crippen LogP contribution in [0, 0.1) is 0 Å². The number of hydrogen-bond donors (Lipinski definition) is 1. The molecule has 1 aromatic rings. The summed E-state index contributed by atoms with van der Waals surface area (Å²) in [6, 6.07) is 3.90. The highest BCUT2D eigenvalue weighted by Crippen LogP contribution is 2.35. The summed E-state index contributed by atoms with van der Waals surface area (Å²) in [5.41, 5.74) is 0.0506. The van der Waals surface area contributed by atoms with Crippen LogP contribution >= 0.6 is 0 Å². The Kier molecular flexibility index (Phi) is 7.40. The van der Waals surface area contributed by atoms with Gasteiger partial charge in [-0.15, -0.1) is 0 Å². The molecular formula is C21H30F3N3O2. The van der Waals surface area contributed by atoms with Gasteiger partial charge in [0.05, 0.1) is 36.7 Å². The van der Waals surface area contributed by atoms with Gasteiger partial charge in [0.15, 0.2) is 0 Å². The highest BCUT2D eigenvalue weighted by molar-refractivity contribution is 5.95. The van der Waals surface area contributed by atoms with Crippen molar-refractivity contribution in [2.75, 3.05) is 50.1 Å². The molecule has 1 N–H and O–H groups in total. The monoisotopic (exact) mass is 413 g/mol. The lowest BCUT2D eigenvalue weighted by Crippen LogP contribution is -2.39. The normalized spacial score (nSPS) is 19.3. The van der Waals surface area contributed by atoms with E-state index < -0.39 is 11.7 Å². The first-order chi connectivity index (χ1) is 13.8. The third kappa shape index (κ3) is 6.09. The van der Waals surface area contributed by atoms with E-state index in [-0.39, 0.29) is 18.1 Å². The number of alkyl halides is 3. The number of carbonyl (C=O) groups excluding carboxylic acids is 1. The summed E-state index contributed by atoms with van der Waals surface area (Å²) in [4.78, 5) is 16.7. The fraction of sp³-hybridized carbons (Fsp3) is 0.667. The summed E-state index contributed by atoms with van der Waals surface area (Å²) in [7, 11) is 1.92. The molecule has 2 fully saturated rings. The molecule has 1 heterocycles. The Morgan fingerprint density at radius 3 is 2.45 bits per heavy atom. The summed E-state index contributed by atoms with van der Waals surface area (Å²) in [6.07, 6.45) is 2.43. The summed E-state index contributed by atoms with van der Waals surface area (Å²) in [5, 5.41) is 2.74. The van der Waals surface area contributed by atoms with E-state index in [0.717, 1.165) is 37.8 Å². The Hall–Kier alpha value is -1.80. The number of rotatable bonds is 5. The summed E-state index contributed by atoms with van der Waals surface area (Å²) in [6.45, 7) is 2.35. The van der Waals surface area contributed by atoms with Gasteiger partial charge in [0.25, 0.3) is 0 Å². The van der Waals surface area contributed by atoms with E-state index in [4.69, 9.17) is 4.74 Å². The van der Waals surface area contributed by atoms with Crippen molar-refractivity contribution in [1.82, 2.24) is 4.90 Å². The van der Waals surface area contributed by atoms with Gasteiger partial charge in [-0.1, -0.05) is 25.7 Å². The third-order valence-corrected chi connectivity index (χ3v) is 5.79. The molecule has 8 heteroatoms. The zero-order valence-corrected chi connectivity index (χ0v) is 16.9.